The van der Waals surface area contributed by atoms with Crippen molar-refractivity contribution in [1.82, 2.24) is 4.90 Å². The zero-order chi connectivity index (χ0) is 13.8. The van der Waals surface area contributed by atoms with Crippen molar-refractivity contribution in [2.45, 2.75) is 19.8 Å². The molecule has 2 rings (SSSR count). The topological polar surface area (TPSA) is 35.6 Å². The van der Waals surface area contributed by atoms with Gasteiger partial charge < -0.3 is 15.1 Å². The van der Waals surface area contributed by atoms with Crippen molar-refractivity contribution in [2.75, 3.05) is 37.4 Å². The number of hydrogen-bond acceptors (Lipinski definition) is 2. The first kappa shape index (κ1) is 13.7. The summed E-state index contributed by atoms with van der Waals surface area (Å²) in [7, 11) is 3.47. The highest BCUT2D eigenvalue weighted by atomic mass is 16.2. The van der Waals surface area contributed by atoms with E-state index in [1.807, 2.05) is 12.1 Å². The van der Waals surface area contributed by atoms with E-state index in [4.69, 9.17) is 0 Å². The first-order valence-electron chi connectivity index (χ1n) is 6.89. The molecular weight excluding hydrogens is 238 g/mol. The number of rotatable bonds is 2. The highest BCUT2D eigenvalue weighted by molar-refractivity contribution is 5.89. The molecule has 0 radical (unpaired) electrons. The van der Waals surface area contributed by atoms with E-state index in [0.717, 1.165) is 24.7 Å². The van der Waals surface area contributed by atoms with Crippen molar-refractivity contribution in [3.8, 4) is 0 Å². The number of carbonyl (C=O) groups excluding carboxylic acids is 1. The molecule has 1 aliphatic heterocycles. The molecule has 2 amide bonds. The summed E-state index contributed by atoms with van der Waals surface area (Å²) in [6.45, 7) is 4.58. The molecule has 0 aliphatic carbocycles. The van der Waals surface area contributed by atoms with Crippen LogP contribution >= 0.6 is 0 Å². The monoisotopic (exact) mass is 261 g/mol. The van der Waals surface area contributed by atoms with E-state index < -0.39 is 0 Å². The number of benzene rings is 1. The Morgan fingerprint density at radius 2 is 1.79 bits per heavy atom. The summed E-state index contributed by atoms with van der Waals surface area (Å²) in [5, 5.41) is 2.85. The first-order valence-corrected chi connectivity index (χ1v) is 6.89. The van der Waals surface area contributed by atoms with E-state index in [9.17, 15) is 4.79 Å². The summed E-state index contributed by atoms with van der Waals surface area (Å²) in [4.78, 5) is 15.5. The van der Waals surface area contributed by atoms with E-state index in [1.165, 1.54) is 23.4 Å². The Bertz CT molecular complexity index is 420. The van der Waals surface area contributed by atoms with Crippen molar-refractivity contribution in [1.29, 1.82) is 0 Å². The van der Waals surface area contributed by atoms with Crippen LogP contribution in [0.2, 0.25) is 0 Å². The van der Waals surface area contributed by atoms with Gasteiger partial charge in [-0.1, -0.05) is 6.92 Å². The maximum atomic E-state index is 11.5. The van der Waals surface area contributed by atoms with E-state index in [2.05, 4.69) is 29.3 Å². The van der Waals surface area contributed by atoms with Gasteiger partial charge in [0.2, 0.25) is 0 Å². The van der Waals surface area contributed by atoms with Gasteiger partial charge in [0.05, 0.1) is 0 Å². The summed E-state index contributed by atoms with van der Waals surface area (Å²) in [5.41, 5.74) is 2.09. The van der Waals surface area contributed by atoms with Crippen molar-refractivity contribution in [3.63, 3.8) is 0 Å². The second kappa shape index (κ2) is 5.95. The lowest BCUT2D eigenvalue weighted by Crippen LogP contribution is -2.32. The molecule has 1 N–H and O–H groups in total. The Morgan fingerprint density at radius 3 is 2.32 bits per heavy atom. The lowest BCUT2D eigenvalue weighted by atomic mass is 9.99. The van der Waals surface area contributed by atoms with Crippen LogP contribution in [-0.4, -0.2) is 38.1 Å². The Hall–Kier alpha value is -1.71. The fourth-order valence-corrected chi connectivity index (χ4v) is 2.26. The summed E-state index contributed by atoms with van der Waals surface area (Å²) in [6.07, 6.45) is 2.53. The standard InChI is InChI=1S/C15H23N3O/c1-12-8-10-18(11-9-12)14-6-4-13(5-7-14)16-15(19)17(2)3/h4-7,12H,8-11H2,1-3H3,(H,16,19). The molecule has 0 aromatic heterocycles. The quantitative estimate of drug-likeness (QED) is 0.888. The molecule has 104 valence electrons. The zero-order valence-electron chi connectivity index (χ0n) is 12.0. The molecule has 0 spiro atoms. The molecular formula is C15H23N3O. The molecule has 0 atom stereocenters. The largest absolute Gasteiger partial charge is 0.372 e. The highest BCUT2D eigenvalue weighted by Crippen LogP contribution is 2.24. The van der Waals surface area contributed by atoms with Gasteiger partial charge in [-0.05, 0) is 43.0 Å². The summed E-state index contributed by atoms with van der Waals surface area (Å²) >= 11 is 0. The minimum absolute atomic E-state index is 0.0976. The van der Waals surface area contributed by atoms with Crippen LogP contribution in [0.25, 0.3) is 0 Å². The van der Waals surface area contributed by atoms with Crippen LogP contribution in [0.1, 0.15) is 19.8 Å². The fraction of sp³-hybridized carbons (Fsp3) is 0.533. The van der Waals surface area contributed by atoms with Gasteiger partial charge >= 0.3 is 6.03 Å². The minimum Gasteiger partial charge on any atom is -0.372 e. The number of amides is 2. The Morgan fingerprint density at radius 1 is 1.21 bits per heavy atom. The first-order chi connectivity index (χ1) is 9.06. The van der Waals surface area contributed by atoms with Gasteiger partial charge in [-0.2, -0.15) is 0 Å². The molecule has 1 aromatic rings. The SMILES string of the molecule is CC1CCN(c2ccc(NC(=O)N(C)C)cc2)CC1. The van der Waals surface area contributed by atoms with Crippen molar-refractivity contribution >= 4 is 17.4 Å². The van der Waals surface area contributed by atoms with Gasteiger partial charge in [-0.15, -0.1) is 0 Å². The Kier molecular flexibility index (Phi) is 4.30. The number of urea groups is 1. The zero-order valence-corrected chi connectivity index (χ0v) is 12.0. The van der Waals surface area contributed by atoms with Crippen molar-refractivity contribution in [3.05, 3.63) is 24.3 Å². The van der Waals surface area contributed by atoms with E-state index in [0.29, 0.717) is 0 Å². The third-order valence-corrected chi connectivity index (χ3v) is 3.67. The minimum atomic E-state index is -0.0976. The van der Waals surface area contributed by atoms with Crippen LogP contribution in [0.4, 0.5) is 16.2 Å². The Labute approximate surface area is 115 Å². The fourth-order valence-electron chi connectivity index (χ4n) is 2.26. The number of anilines is 2. The van der Waals surface area contributed by atoms with Crippen LogP contribution in [0.5, 0.6) is 0 Å². The maximum Gasteiger partial charge on any atom is 0.321 e. The lowest BCUT2D eigenvalue weighted by molar-refractivity contribution is 0.230. The number of nitrogens with one attached hydrogen (secondary N) is 1. The summed E-state index contributed by atoms with van der Waals surface area (Å²) in [5.74, 6) is 0.843. The van der Waals surface area contributed by atoms with E-state index >= 15 is 0 Å². The molecule has 4 heteroatoms. The molecule has 19 heavy (non-hydrogen) atoms. The summed E-state index contributed by atoms with van der Waals surface area (Å²) in [6, 6.07) is 8.01. The van der Waals surface area contributed by atoms with Gasteiger partial charge in [-0.3, -0.25) is 0 Å². The molecule has 0 unspecified atom stereocenters. The third-order valence-electron chi connectivity index (χ3n) is 3.67. The second-order valence-corrected chi connectivity index (χ2v) is 5.54. The van der Waals surface area contributed by atoms with Gasteiger partial charge in [-0.25, -0.2) is 4.79 Å². The van der Waals surface area contributed by atoms with Crippen LogP contribution < -0.4 is 10.2 Å². The molecule has 1 heterocycles. The molecule has 0 saturated carbocycles. The predicted molar refractivity (Wildman–Crippen MR) is 79.8 cm³/mol. The molecule has 1 saturated heterocycles. The third kappa shape index (κ3) is 3.63. The van der Waals surface area contributed by atoms with Crippen molar-refractivity contribution < 1.29 is 4.79 Å². The van der Waals surface area contributed by atoms with Gasteiger partial charge in [0.15, 0.2) is 0 Å². The van der Waals surface area contributed by atoms with Gasteiger partial charge in [0.1, 0.15) is 0 Å². The van der Waals surface area contributed by atoms with Gasteiger partial charge in [0, 0.05) is 38.6 Å². The Balaban J connectivity index is 1.96. The molecule has 1 aliphatic rings. The van der Waals surface area contributed by atoms with Crippen LogP contribution in [-0.2, 0) is 0 Å². The molecule has 0 bridgehead atoms. The number of nitrogens with zero attached hydrogens (tertiary/aromatic N) is 2. The molecule has 1 fully saturated rings. The average Bonchev–Trinajstić information content (AvgIpc) is 2.40. The van der Waals surface area contributed by atoms with Crippen molar-refractivity contribution in [2.24, 2.45) is 5.92 Å². The van der Waals surface area contributed by atoms with E-state index in [-0.39, 0.29) is 6.03 Å². The second-order valence-electron chi connectivity index (χ2n) is 5.54. The smallest absolute Gasteiger partial charge is 0.321 e. The normalized spacial score (nSPS) is 16.3. The van der Waals surface area contributed by atoms with Crippen LogP contribution in [0.15, 0.2) is 24.3 Å². The van der Waals surface area contributed by atoms with E-state index in [1.54, 1.807) is 14.1 Å². The van der Waals surface area contributed by atoms with Crippen LogP contribution in [0.3, 0.4) is 0 Å². The molecule has 4 nitrogen and oxygen atoms in total. The predicted octanol–water partition coefficient (Wildman–Crippen LogP) is 3.02. The van der Waals surface area contributed by atoms with Gasteiger partial charge in [0.25, 0.3) is 0 Å². The average molecular weight is 261 g/mol. The van der Waals surface area contributed by atoms with Crippen LogP contribution in [0, 0.1) is 5.92 Å². The number of hydrogen-bond donors (Lipinski definition) is 1. The molecule has 1 aromatic carbocycles. The summed E-state index contributed by atoms with van der Waals surface area (Å²) < 4.78 is 0. The number of piperidine rings is 1. The maximum absolute atomic E-state index is 11.5. The lowest BCUT2D eigenvalue weighted by Gasteiger charge is -2.32. The highest BCUT2D eigenvalue weighted by Gasteiger charge is 2.15. The number of carbonyl (C=O) groups is 1.